The van der Waals surface area contributed by atoms with Crippen molar-refractivity contribution in [1.29, 1.82) is 0 Å². The number of carbonyl (C=O) groups excluding carboxylic acids is 1. The second-order valence-corrected chi connectivity index (χ2v) is 6.13. The predicted molar refractivity (Wildman–Crippen MR) is 100 cm³/mol. The van der Waals surface area contributed by atoms with E-state index in [1.54, 1.807) is 22.9 Å². The minimum atomic E-state index is -0.0944. The number of aryl methyl sites for hydroxylation is 1. The Kier molecular flexibility index (Phi) is 6.57. The van der Waals surface area contributed by atoms with Gasteiger partial charge in [-0.3, -0.25) is 14.4 Å². The number of morpholine rings is 1. The number of hydrogen-bond donors (Lipinski definition) is 0. The molecule has 0 bridgehead atoms. The standard InChI is InChI=1S/C20H25N3O3/c1-2-23-10-9-19(21-23)20(24)8-5-17-3-6-18(7-4-17)26-16-13-22-11-14-25-15-12-22/h3-10H,2,11-16H2,1H3/b8-5+. The number of ether oxygens (including phenoxy) is 2. The van der Waals surface area contributed by atoms with Gasteiger partial charge in [0.05, 0.1) is 13.2 Å². The number of benzene rings is 1. The first-order valence-electron chi connectivity index (χ1n) is 9.03. The predicted octanol–water partition coefficient (Wildman–Crippen LogP) is 2.51. The second-order valence-electron chi connectivity index (χ2n) is 6.13. The van der Waals surface area contributed by atoms with E-state index >= 15 is 0 Å². The SMILES string of the molecule is CCn1ccc(C(=O)/C=C/c2ccc(OCCN3CCOCC3)cc2)n1. The van der Waals surface area contributed by atoms with E-state index in [0.29, 0.717) is 12.3 Å². The lowest BCUT2D eigenvalue weighted by Crippen LogP contribution is -2.38. The molecule has 0 saturated carbocycles. The molecule has 0 aliphatic carbocycles. The Balaban J connectivity index is 1.46. The highest BCUT2D eigenvalue weighted by atomic mass is 16.5. The molecule has 1 aromatic carbocycles. The van der Waals surface area contributed by atoms with Crippen molar-refractivity contribution in [3.8, 4) is 5.75 Å². The summed E-state index contributed by atoms with van der Waals surface area (Å²) in [5.74, 6) is 0.742. The summed E-state index contributed by atoms with van der Waals surface area (Å²) in [5.41, 5.74) is 1.42. The van der Waals surface area contributed by atoms with Crippen LogP contribution in [0.25, 0.3) is 6.08 Å². The van der Waals surface area contributed by atoms with Gasteiger partial charge in [0, 0.05) is 32.4 Å². The number of nitrogens with zero attached hydrogens (tertiary/aromatic N) is 3. The topological polar surface area (TPSA) is 56.6 Å². The van der Waals surface area contributed by atoms with Gasteiger partial charge in [-0.2, -0.15) is 5.10 Å². The van der Waals surface area contributed by atoms with E-state index in [1.165, 1.54) is 0 Å². The molecule has 1 aliphatic rings. The van der Waals surface area contributed by atoms with Gasteiger partial charge in [0.1, 0.15) is 18.1 Å². The monoisotopic (exact) mass is 355 g/mol. The van der Waals surface area contributed by atoms with Crippen LogP contribution in [0.4, 0.5) is 0 Å². The molecule has 0 unspecified atom stereocenters. The fourth-order valence-corrected chi connectivity index (χ4v) is 2.72. The van der Waals surface area contributed by atoms with Crippen molar-refractivity contribution in [2.45, 2.75) is 13.5 Å². The first-order valence-corrected chi connectivity index (χ1v) is 9.03. The molecule has 0 N–H and O–H groups in total. The largest absolute Gasteiger partial charge is 0.492 e. The van der Waals surface area contributed by atoms with Crippen LogP contribution in [0.3, 0.4) is 0 Å². The molecule has 6 heteroatoms. The van der Waals surface area contributed by atoms with Gasteiger partial charge in [0.25, 0.3) is 0 Å². The molecule has 1 aromatic heterocycles. The number of hydrogen-bond acceptors (Lipinski definition) is 5. The fraction of sp³-hybridized carbons (Fsp3) is 0.400. The lowest BCUT2D eigenvalue weighted by Gasteiger charge is -2.26. The molecule has 0 spiro atoms. The highest BCUT2D eigenvalue weighted by Gasteiger charge is 2.09. The van der Waals surface area contributed by atoms with Gasteiger partial charge >= 0.3 is 0 Å². The lowest BCUT2D eigenvalue weighted by molar-refractivity contribution is 0.0322. The number of rotatable bonds is 8. The van der Waals surface area contributed by atoms with E-state index in [0.717, 1.165) is 50.7 Å². The fourth-order valence-electron chi connectivity index (χ4n) is 2.72. The molecular formula is C20H25N3O3. The first-order chi connectivity index (χ1) is 12.7. The van der Waals surface area contributed by atoms with Gasteiger partial charge in [-0.25, -0.2) is 0 Å². The maximum Gasteiger partial charge on any atom is 0.206 e. The Bertz CT molecular complexity index is 731. The number of allylic oxidation sites excluding steroid dienone is 1. The summed E-state index contributed by atoms with van der Waals surface area (Å²) in [7, 11) is 0. The molecule has 1 aliphatic heterocycles. The highest BCUT2D eigenvalue weighted by Crippen LogP contribution is 2.14. The van der Waals surface area contributed by atoms with Crippen molar-refractivity contribution in [1.82, 2.24) is 14.7 Å². The summed E-state index contributed by atoms with van der Waals surface area (Å²) in [6.07, 6.45) is 5.16. The Morgan fingerprint density at radius 3 is 2.69 bits per heavy atom. The van der Waals surface area contributed by atoms with Crippen molar-refractivity contribution < 1.29 is 14.3 Å². The zero-order valence-electron chi connectivity index (χ0n) is 15.1. The molecule has 2 heterocycles. The summed E-state index contributed by atoms with van der Waals surface area (Å²) in [6.45, 7) is 7.86. The van der Waals surface area contributed by atoms with Gasteiger partial charge in [-0.15, -0.1) is 0 Å². The van der Waals surface area contributed by atoms with E-state index in [2.05, 4.69) is 10.00 Å². The van der Waals surface area contributed by atoms with Crippen LogP contribution in [0.5, 0.6) is 5.75 Å². The lowest BCUT2D eigenvalue weighted by atomic mass is 10.1. The van der Waals surface area contributed by atoms with Crippen molar-refractivity contribution >= 4 is 11.9 Å². The summed E-state index contributed by atoms with van der Waals surface area (Å²) < 4.78 is 12.9. The molecule has 0 amide bonds. The van der Waals surface area contributed by atoms with Gasteiger partial charge in [0.2, 0.25) is 5.78 Å². The molecule has 1 fully saturated rings. The van der Waals surface area contributed by atoms with Gasteiger partial charge in [-0.05, 0) is 36.8 Å². The van der Waals surface area contributed by atoms with Crippen LogP contribution in [-0.4, -0.2) is 59.9 Å². The molecule has 2 aromatic rings. The summed E-state index contributed by atoms with van der Waals surface area (Å²) in [6, 6.07) is 9.48. The minimum Gasteiger partial charge on any atom is -0.492 e. The normalized spacial score (nSPS) is 15.4. The molecule has 138 valence electrons. The Morgan fingerprint density at radius 1 is 1.23 bits per heavy atom. The third-order valence-corrected chi connectivity index (χ3v) is 4.30. The van der Waals surface area contributed by atoms with Gasteiger partial charge in [-0.1, -0.05) is 18.2 Å². The molecule has 26 heavy (non-hydrogen) atoms. The van der Waals surface area contributed by atoms with E-state index < -0.39 is 0 Å². The quantitative estimate of drug-likeness (QED) is 0.538. The van der Waals surface area contributed by atoms with E-state index in [1.807, 2.05) is 37.4 Å². The third kappa shape index (κ3) is 5.28. The molecule has 3 rings (SSSR count). The molecule has 0 atom stereocenters. The Morgan fingerprint density at radius 2 is 2.00 bits per heavy atom. The third-order valence-electron chi connectivity index (χ3n) is 4.30. The Labute approximate surface area is 154 Å². The first kappa shape index (κ1) is 18.4. The summed E-state index contributed by atoms with van der Waals surface area (Å²) >= 11 is 0. The zero-order valence-corrected chi connectivity index (χ0v) is 15.1. The van der Waals surface area contributed by atoms with Crippen molar-refractivity contribution in [3.63, 3.8) is 0 Å². The number of ketones is 1. The van der Waals surface area contributed by atoms with Crippen LogP contribution in [0.15, 0.2) is 42.6 Å². The molecule has 6 nitrogen and oxygen atoms in total. The van der Waals surface area contributed by atoms with Crippen molar-refractivity contribution in [2.75, 3.05) is 39.5 Å². The van der Waals surface area contributed by atoms with Crippen molar-refractivity contribution in [2.24, 2.45) is 0 Å². The van der Waals surface area contributed by atoms with Gasteiger partial charge < -0.3 is 9.47 Å². The van der Waals surface area contributed by atoms with Crippen LogP contribution in [0, 0.1) is 0 Å². The molecular weight excluding hydrogens is 330 g/mol. The van der Waals surface area contributed by atoms with Crippen LogP contribution < -0.4 is 4.74 Å². The van der Waals surface area contributed by atoms with Gasteiger partial charge in [0.15, 0.2) is 0 Å². The zero-order chi connectivity index (χ0) is 18.2. The van der Waals surface area contributed by atoms with Crippen LogP contribution in [0.2, 0.25) is 0 Å². The summed E-state index contributed by atoms with van der Waals surface area (Å²) in [5, 5.41) is 4.21. The van der Waals surface area contributed by atoms with Crippen molar-refractivity contribution in [3.05, 3.63) is 53.9 Å². The molecule has 0 radical (unpaired) electrons. The van der Waals surface area contributed by atoms with Crippen LogP contribution in [0.1, 0.15) is 23.0 Å². The maximum absolute atomic E-state index is 12.1. The average molecular weight is 355 g/mol. The van der Waals surface area contributed by atoms with E-state index in [4.69, 9.17) is 9.47 Å². The number of aromatic nitrogens is 2. The average Bonchev–Trinajstić information content (AvgIpc) is 3.17. The second kappa shape index (κ2) is 9.31. The summed E-state index contributed by atoms with van der Waals surface area (Å²) in [4.78, 5) is 14.4. The number of carbonyl (C=O) groups is 1. The maximum atomic E-state index is 12.1. The molecule has 1 saturated heterocycles. The smallest absolute Gasteiger partial charge is 0.206 e. The van der Waals surface area contributed by atoms with Crippen LogP contribution >= 0.6 is 0 Å². The van der Waals surface area contributed by atoms with E-state index in [9.17, 15) is 4.79 Å². The van der Waals surface area contributed by atoms with Crippen LogP contribution in [-0.2, 0) is 11.3 Å². The van der Waals surface area contributed by atoms with E-state index in [-0.39, 0.29) is 5.78 Å². The minimum absolute atomic E-state index is 0.0944. The Hall–Kier alpha value is -2.44. The highest BCUT2D eigenvalue weighted by molar-refractivity contribution is 6.05.